The lowest BCUT2D eigenvalue weighted by atomic mass is 10.3. The minimum atomic E-state index is -3.60. The zero-order chi connectivity index (χ0) is 9.19. The number of halogens is 1. The first-order valence-electron chi connectivity index (χ1n) is 3.43. The molecule has 0 radical (unpaired) electrons. The number of hydrogen-bond donors (Lipinski definition) is 0. The maximum atomic E-state index is 10.8. The van der Waals surface area contributed by atoms with Crippen LogP contribution < -0.4 is 0 Å². The molecule has 66 valence electrons. The predicted octanol–water partition coefficient (Wildman–Crippen LogP) is 1.57. The van der Waals surface area contributed by atoms with Crippen LogP contribution in [-0.4, -0.2) is 13.4 Å². The van der Waals surface area contributed by atoms with E-state index in [4.69, 9.17) is 10.7 Å². The van der Waals surface area contributed by atoms with E-state index in [1.54, 1.807) is 0 Å². The summed E-state index contributed by atoms with van der Waals surface area (Å²) in [5.41, 5.74) is 0.719. The van der Waals surface area contributed by atoms with Crippen LogP contribution in [0.5, 0.6) is 0 Å². The third-order valence-corrected chi connectivity index (χ3v) is 2.78. The van der Waals surface area contributed by atoms with E-state index in [2.05, 4.69) is 4.98 Å². The molecule has 0 aliphatic carbocycles. The zero-order valence-electron chi connectivity index (χ0n) is 6.49. The summed E-state index contributed by atoms with van der Waals surface area (Å²) < 4.78 is 21.7. The Balaban J connectivity index is 3.20. The molecule has 0 saturated heterocycles. The van der Waals surface area contributed by atoms with Crippen LogP contribution >= 0.6 is 10.7 Å². The van der Waals surface area contributed by atoms with Gasteiger partial charge >= 0.3 is 0 Å². The number of nitrogens with zero attached hydrogens (tertiary/aromatic N) is 1. The van der Waals surface area contributed by atoms with Crippen molar-refractivity contribution < 1.29 is 8.42 Å². The van der Waals surface area contributed by atoms with Crippen molar-refractivity contribution in [1.29, 1.82) is 0 Å². The first-order chi connectivity index (χ1) is 5.54. The second-order valence-corrected chi connectivity index (χ2v) is 4.84. The van der Waals surface area contributed by atoms with Gasteiger partial charge in [0, 0.05) is 22.6 Å². The van der Waals surface area contributed by atoms with Crippen molar-refractivity contribution in [3.63, 3.8) is 0 Å². The second kappa shape index (κ2) is 3.41. The number of aromatic nitrogens is 1. The molecule has 1 rings (SSSR count). The lowest BCUT2D eigenvalue weighted by molar-refractivity contribution is 0.609. The topological polar surface area (TPSA) is 47.0 Å². The fraction of sp³-hybridized carbons (Fsp3) is 0.286. The van der Waals surface area contributed by atoms with Crippen LogP contribution in [0.15, 0.2) is 23.2 Å². The molecule has 3 nitrogen and oxygen atoms in total. The van der Waals surface area contributed by atoms with Crippen molar-refractivity contribution >= 4 is 19.7 Å². The highest BCUT2D eigenvalue weighted by Gasteiger charge is 2.09. The summed E-state index contributed by atoms with van der Waals surface area (Å²) in [5, 5.41) is 0. The van der Waals surface area contributed by atoms with E-state index in [-0.39, 0.29) is 4.90 Å². The Bertz CT molecular complexity index is 375. The molecule has 0 aliphatic rings. The molecule has 0 saturated carbocycles. The minimum absolute atomic E-state index is 0.107. The SMILES string of the molecule is CCc1cc(S(=O)(=O)Cl)ccn1. The van der Waals surface area contributed by atoms with E-state index >= 15 is 0 Å². The normalized spacial score (nSPS) is 11.5. The third kappa shape index (κ3) is 2.19. The van der Waals surface area contributed by atoms with Gasteiger partial charge in [-0.2, -0.15) is 0 Å². The molecule has 0 N–H and O–H groups in total. The molecule has 5 heteroatoms. The Hall–Kier alpha value is -0.610. The molecule has 12 heavy (non-hydrogen) atoms. The second-order valence-electron chi connectivity index (χ2n) is 2.27. The number of hydrogen-bond acceptors (Lipinski definition) is 3. The van der Waals surface area contributed by atoms with Gasteiger partial charge in [-0.15, -0.1) is 0 Å². The molecule has 0 atom stereocenters. The largest absolute Gasteiger partial charge is 0.261 e. The van der Waals surface area contributed by atoms with Crippen molar-refractivity contribution in [2.24, 2.45) is 0 Å². The van der Waals surface area contributed by atoms with Gasteiger partial charge in [0.2, 0.25) is 0 Å². The Morgan fingerprint density at radius 3 is 2.75 bits per heavy atom. The average Bonchev–Trinajstić information content (AvgIpc) is 2.03. The van der Waals surface area contributed by atoms with E-state index in [0.29, 0.717) is 6.42 Å². The minimum Gasteiger partial charge on any atom is -0.261 e. The van der Waals surface area contributed by atoms with E-state index in [1.807, 2.05) is 6.92 Å². The van der Waals surface area contributed by atoms with Gasteiger partial charge in [-0.1, -0.05) is 6.92 Å². The summed E-state index contributed by atoms with van der Waals surface area (Å²) in [6.07, 6.45) is 2.13. The van der Waals surface area contributed by atoms with Crippen molar-refractivity contribution in [1.82, 2.24) is 4.98 Å². The quantitative estimate of drug-likeness (QED) is 0.689. The van der Waals surface area contributed by atoms with Gasteiger partial charge < -0.3 is 0 Å². The van der Waals surface area contributed by atoms with Gasteiger partial charge in [0.05, 0.1) is 4.90 Å². The van der Waals surface area contributed by atoms with Crippen molar-refractivity contribution in [2.75, 3.05) is 0 Å². The summed E-state index contributed by atoms with van der Waals surface area (Å²) in [7, 11) is 1.53. The fourth-order valence-electron chi connectivity index (χ4n) is 0.801. The van der Waals surface area contributed by atoms with Crippen LogP contribution in [-0.2, 0) is 15.5 Å². The van der Waals surface area contributed by atoms with Gasteiger partial charge in [-0.3, -0.25) is 4.98 Å². The van der Waals surface area contributed by atoms with Crippen LogP contribution in [0.4, 0.5) is 0 Å². The van der Waals surface area contributed by atoms with Crippen LogP contribution in [0.2, 0.25) is 0 Å². The number of rotatable bonds is 2. The number of pyridine rings is 1. The van der Waals surface area contributed by atoms with Gasteiger partial charge in [-0.25, -0.2) is 8.42 Å². The Labute approximate surface area is 75.8 Å². The number of aryl methyl sites for hydroxylation is 1. The first-order valence-corrected chi connectivity index (χ1v) is 5.74. The fourth-order valence-corrected chi connectivity index (χ4v) is 1.59. The maximum Gasteiger partial charge on any atom is 0.261 e. The summed E-state index contributed by atoms with van der Waals surface area (Å²) in [6, 6.07) is 2.85. The molecule has 0 aliphatic heterocycles. The summed E-state index contributed by atoms with van der Waals surface area (Å²) in [6.45, 7) is 1.90. The van der Waals surface area contributed by atoms with Crippen molar-refractivity contribution in [3.8, 4) is 0 Å². The molecule has 0 spiro atoms. The predicted molar refractivity (Wildman–Crippen MR) is 46.7 cm³/mol. The van der Waals surface area contributed by atoms with Crippen molar-refractivity contribution in [3.05, 3.63) is 24.0 Å². The Morgan fingerprint density at radius 1 is 1.58 bits per heavy atom. The molecule has 1 aromatic rings. The zero-order valence-corrected chi connectivity index (χ0v) is 8.06. The maximum absolute atomic E-state index is 10.8. The average molecular weight is 206 g/mol. The summed E-state index contributed by atoms with van der Waals surface area (Å²) >= 11 is 0. The van der Waals surface area contributed by atoms with Gasteiger partial charge in [0.1, 0.15) is 0 Å². The molecule has 0 amide bonds. The van der Waals surface area contributed by atoms with Crippen molar-refractivity contribution in [2.45, 2.75) is 18.2 Å². The van der Waals surface area contributed by atoms with E-state index in [9.17, 15) is 8.42 Å². The Morgan fingerprint density at radius 2 is 2.25 bits per heavy atom. The van der Waals surface area contributed by atoms with Crippen LogP contribution in [0.1, 0.15) is 12.6 Å². The molecule has 0 aromatic carbocycles. The lowest BCUT2D eigenvalue weighted by Gasteiger charge is -1.97. The highest BCUT2D eigenvalue weighted by molar-refractivity contribution is 8.13. The third-order valence-electron chi connectivity index (χ3n) is 1.43. The molecule has 1 aromatic heterocycles. The molecule has 0 fully saturated rings. The van der Waals surface area contributed by atoms with Gasteiger partial charge in [-0.05, 0) is 18.6 Å². The van der Waals surface area contributed by atoms with E-state index in [0.717, 1.165) is 5.69 Å². The molecular weight excluding hydrogens is 198 g/mol. The van der Waals surface area contributed by atoms with Crippen LogP contribution in [0.3, 0.4) is 0 Å². The highest BCUT2D eigenvalue weighted by Crippen LogP contribution is 2.14. The molecule has 1 heterocycles. The molecule has 0 bridgehead atoms. The highest BCUT2D eigenvalue weighted by atomic mass is 35.7. The van der Waals surface area contributed by atoms with Crippen LogP contribution in [0, 0.1) is 0 Å². The lowest BCUT2D eigenvalue weighted by Crippen LogP contribution is -1.94. The Kier molecular flexibility index (Phi) is 2.69. The first kappa shape index (κ1) is 9.48. The van der Waals surface area contributed by atoms with Gasteiger partial charge in [0.15, 0.2) is 0 Å². The van der Waals surface area contributed by atoms with Gasteiger partial charge in [0.25, 0.3) is 9.05 Å². The molecule has 0 unspecified atom stereocenters. The smallest absolute Gasteiger partial charge is 0.261 e. The van der Waals surface area contributed by atoms with E-state index in [1.165, 1.54) is 18.3 Å². The van der Waals surface area contributed by atoms with Crippen LogP contribution in [0.25, 0.3) is 0 Å². The molecular formula is C7H8ClNO2S. The standard InChI is InChI=1S/C7H8ClNO2S/c1-2-6-5-7(3-4-9-6)12(8,10)11/h3-5H,2H2,1H3. The summed E-state index contributed by atoms with van der Waals surface area (Å²) in [5.74, 6) is 0. The monoisotopic (exact) mass is 205 g/mol. The van der Waals surface area contributed by atoms with E-state index < -0.39 is 9.05 Å². The summed E-state index contributed by atoms with van der Waals surface area (Å²) in [4.78, 5) is 4.06.